The average molecular weight is 949 g/mol. The number of thiocarbonyl (C=S) groups is 1. The number of nitrogens with one attached hydrogen (secondary N) is 1. The Kier molecular flexibility index (Phi) is 16.3. The third-order valence-electron chi connectivity index (χ3n) is 11.1. The Balaban J connectivity index is 0.882. The zero-order chi connectivity index (χ0) is 47.8. The van der Waals surface area contributed by atoms with Crippen molar-refractivity contribution in [2.75, 3.05) is 55.9 Å². The lowest BCUT2D eigenvalue weighted by Crippen LogP contribution is -2.57. The van der Waals surface area contributed by atoms with E-state index in [0.717, 1.165) is 38.7 Å². The highest BCUT2D eigenvalue weighted by atomic mass is 32.1. The maximum Gasteiger partial charge on any atom is 0.417 e. The highest BCUT2D eigenvalue weighted by Crippen LogP contribution is 2.36. The molecule has 3 aromatic carbocycles. The van der Waals surface area contributed by atoms with E-state index in [1.807, 2.05) is 57.5 Å². The smallest absolute Gasteiger partial charge is 0.417 e. The van der Waals surface area contributed by atoms with Crippen molar-refractivity contribution in [1.82, 2.24) is 15.2 Å². The second-order valence-corrected chi connectivity index (χ2v) is 18.2. The van der Waals surface area contributed by atoms with Gasteiger partial charge in [0.25, 0.3) is 5.91 Å². The summed E-state index contributed by atoms with van der Waals surface area (Å²) in [5.41, 5.74) is 2.82. The SMILES string of the molecule is Cc1ncsc1-c1ccc(CCC(=O)[C@@H]2C[C@@H](O)CN2C(=O)[C@@H](NC(=O)COCCOCCCOc2ccc(N3CC(=O)N(c4ccc(C#N)c(C(F)(F)F)c4)C3=S)cc2)C(C)(C)C)cc1. The number of hydrogen-bond donors (Lipinski definition) is 2. The zero-order valence-electron chi connectivity index (χ0n) is 36.9. The number of anilines is 2. The van der Waals surface area contributed by atoms with Crippen LogP contribution in [0.1, 0.15) is 62.4 Å². The first kappa shape index (κ1) is 49.6. The number of aliphatic hydroxyl groups is 1. The maximum atomic E-state index is 13.9. The summed E-state index contributed by atoms with van der Waals surface area (Å²) in [6.07, 6.45) is -4.32. The Morgan fingerprint density at radius 2 is 1.70 bits per heavy atom. The van der Waals surface area contributed by atoms with Gasteiger partial charge in [0.15, 0.2) is 10.9 Å². The minimum absolute atomic E-state index is 0.00724. The number of Topliss-reactive ketones (excluding diaryl/α,β-unsaturated/α-hetero) is 1. The lowest BCUT2D eigenvalue weighted by atomic mass is 9.85. The number of rotatable bonds is 19. The standard InChI is InChI=1S/C47H51F3N6O8S2/c1-29-42(66-28-52-29)31-9-6-30(7-10-31)8-17-39(58)38-23-35(57)25-55(38)44(61)43(46(2,3)4)53-40(59)27-63-21-20-62-18-5-19-64-36-15-13-33(14-16-36)54-26-41(60)56(45(54)65)34-12-11-32(24-51)37(22-34)47(48,49)50/h6-7,9-16,22,28,35,38,43,57H,5,8,17-21,23,25-27H2,1-4H3,(H,53,59)/t35-,38+,43-/m1/s1. The number of ketones is 1. The molecule has 2 saturated heterocycles. The quantitative estimate of drug-likeness (QED) is 0.0759. The molecule has 0 spiro atoms. The summed E-state index contributed by atoms with van der Waals surface area (Å²) in [4.78, 5) is 62.6. The van der Waals surface area contributed by atoms with Crippen LogP contribution < -0.4 is 19.9 Å². The van der Waals surface area contributed by atoms with E-state index < -0.39 is 58.6 Å². The number of β-amino-alcohol motifs (C(OH)–C–C–N with tert-alkyl or cyclic N) is 1. The number of alkyl halides is 3. The normalized spacial score (nSPS) is 17.0. The van der Waals surface area contributed by atoms with Gasteiger partial charge in [-0.15, -0.1) is 11.3 Å². The second kappa shape index (κ2) is 21.7. The average Bonchev–Trinajstić information content (AvgIpc) is 3.98. The van der Waals surface area contributed by atoms with Crippen LogP contribution in [0.3, 0.4) is 0 Å². The number of thiazole rings is 1. The lowest BCUT2D eigenvalue weighted by molar-refractivity contribution is -0.144. The summed E-state index contributed by atoms with van der Waals surface area (Å²) >= 11 is 7.03. The third-order valence-corrected chi connectivity index (χ3v) is 12.5. The Bertz CT molecular complexity index is 2430. The zero-order valence-corrected chi connectivity index (χ0v) is 38.6. The van der Waals surface area contributed by atoms with Gasteiger partial charge in [-0.2, -0.15) is 18.4 Å². The van der Waals surface area contributed by atoms with Crippen LogP contribution in [-0.4, -0.2) is 108 Å². The van der Waals surface area contributed by atoms with Gasteiger partial charge in [-0.1, -0.05) is 45.0 Å². The van der Waals surface area contributed by atoms with Crippen molar-refractivity contribution < 1.29 is 51.7 Å². The number of likely N-dealkylation sites (tertiary alicyclic amines) is 1. The Labute approximate surface area is 390 Å². The number of hydrogen-bond acceptors (Lipinski definition) is 12. The molecule has 66 heavy (non-hydrogen) atoms. The molecule has 2 aliphatic rings. The van der Waals surface area contributed by atoms with E-state index in [9.17, 15) is 37.5 Å². The van der Waals surface area contributed by atoms with E-state index >= 15 is 0 Å². The van der Waals surface area contributed by atoms with Crippen LogP contribution in [0.5, 0.6) is 5.75 Å². The van der Waals surface area contributed by atoms with E-state index in [4.69, 9.17) is 31.7 Å². The number of carbonyl (C=O) groups is 4. The molecule has 2 fully saturated rings. The van der Waals surface area contributed by atoms with Gasteiger partial charge >= 0.3 is 6.18 Å². The van der Waals surface area contributed by atoms with E-state index in [2.05, 4.69) is 10.3 Å². The largest absolute Gasteiger partial charge is 0.494 e. The molecule has 2 aliphatic heterocycles. The minimum Gasteiger partial charge on any atom is -0.494 e. The Morgan fingerprint density at radius 3 is 2.35 bits per heavy atom. The van der Waals surface area contributed by atoms with Crippen LogP contribution in [-0.2, 0) is 41.2 Å². The highest BCUT2D eigenvalue weighted by molar-refractivity contribution is 7.81. The van der Waals surface area contributed by atoms with Crippen molar-refractivity contribution in [3.8, 4) is 22.3 Å². The maximum absolute atomic E-state index is 13.9. The number of aryl methyl sites for hydroxylation is 2. The number of amides is 3. The van der Waals surface area contributed by atoms with Crippen LogP contribution in [0.15, 0.2) is 72.2 Å². The van der Waals surface area contributed by atoms with Crippen LogP contribution >= 0.6 is 23.6 Å². The number of aromatic nitrogens is 1. The topological polar surface area (TPSA) is 175 Å². The third kappa shape index (κ3) is 12.4. The van der Waals surface area contributed by atoms with Gasteiger partial charge in [0.2, 0.25) is 11.8 Å². The fourth-order valence-electron chi connectivity index (χ4n) is 7.63. The predicted molar refractivity (Wildman–Crippen MR) is 245 cm³/mol. The van der Waals surface area contributed by atoms with E-state index in [-0.39, 0.29) is 62.3 Å². The molecule has 0 saturated carbocycles. The highest BCUT2D eigenvalue weighted by Gasteiger charge is 2.44. The molecule has 14 nitrogen and oxygen atoms in total. The number of benzene rings is 3. The van der Waals surface area contributed by atoms with Gasteiger partial charge in [-0.25, -0.2) is 4.98 Å². The molecule has 0 bridgehead atoms. The fraction of sp³-hybridized carbons (Fsp3) is 0.426. The first-order chi connectivity index (χ1) is 31.3. The number of ether oxygens (including phenoxy) is 3. The molecule has 1 aromatic heterocycles. The van der Waals surface area contributed by atoms with Crippen LogP contribution in [0, 0.1) is 23.7 Å². The van der Waals surface area contributed by atoms with Crippen molar-refractivity contribution in [2.24, 2.45) is 5.41 Å². The number of halogens is 3. The molecular formula is C47H51F3N6O8S2. The summed E-state index contributed by atoms with van der Waals surface area (Å²) in [5.74, 6) is -1.10. The van der Waals surface area contributed by atoms with Crippen LogP contribution in [0.4, 0.5) is 24.5 Å². The van der Waals surface area contributed by atoms with E-state index in [0.29, 0.717) is 37.5 Å². The summed E-state index contributed by atoms with van der Waals surface area (Å²) in [7, 11) is 0. The molecule has 4 aromatic rings. The lowest BCUT2D eigenvalue weighted by Gasteiger charge is -2.35. The number of aliphatic hydroxyl groups excluding tert-OH is 1. The summed E-state index contributed by atoms with van der Waals surface area (Å²) < 4.78 is 57.6. The van der Waals surface area contributed by atoms with Gasteiger partial charge in [0.1, 0.15) is 24.9 Å². The van der Waals surface area contributed by atoms with Crippen molar-refractivity contribution in [3.63, 3.8) is 0 Å². The molecule has 3 atom stereocenters. The van der Waals surface area contributed by atoms with Gasteiger partial charge in [0.05, 0.1) is 70.9 Å². The molecule has 6 rings (SSSR count). The predicted octanol–water partition coefficient (Wildman–Crippen LogP) is 6.64. The van der Waals surface area contributed by atoms with Crippen molar-refractivity contribution in [2.45, 2.75) is 77.7 Å². The van der Waals surface area contributed by atoms with Gasteiger partial charge in [-0.3, -0.25) is 24.1 Å². The summed E-state index contributed by atoms with van der Waals surface area (Å²) in [6, 6.07) is 17.4. The first-order valence-corrected chi connectivity index (χ1v) is 22.6. The van der Waals surface area contributed by atoms with Gasteiger partial charge in [0, 0.05) is 38.1 Å². The first-order valence-electron chi connectivity index (χ1n) is 21.3. The minimum atomic E-state index is -4.79. The van der Waals surface area contributed by atoms with Crippen molar-refractivity contribution >= 4 is 63.5 Å². The van der Waals surface area contributed by atoms with Crippen LogP contribution in [0.2, 0.25) is 0 Å². The van der Waals surface area contributed by atoms with Gasteiger partial charge < -0.3 is 34.4 Å². The van der Waals surface area contributed by atoms with E-state index in [1.165, 1.54) is 21.9 Å². The number of carbonyl (C=O) groups excluding carboxylic acids is 4. The Hall–Kier alpha value is -5.78. The van der Waals surface area contributed by atoms with Crippen LogP contribution in [0.25, 0.3) is 10.4 Å². The molecule has 3 amide bonds. The van der Waals surface area contributed by atoms with E-state index in [1.54, 1.807) is 35.6 Å². The summed E-state index contributed by atoms with van der Waals surface area (Å²) in [5, 5.41) is 22.4. The van der Waals surface area contributed by atoms with Crippen molar-refractivity contribution in [1.29, 1.82) is 5.26 Å². The molecule has 0 unspecified atom stereocenters. The monoisotopic (exact) mass is 948 g/mol. The molecular weight excluding hydrogens is 898 g/mol. The van der Waals surface area contributed by atoms with Crippen molar-refractivity contribution in [3.05, 3.63) is 94.6 Å². The fourth-order valence-corrected chi connectivity index (χ4v) is 8.82. The second-order valence-electron chi connectivity index (χ2n) is 17.0. The number of nitriles is 1. The Morgan fingerprint density at radius 1 is 1.00 bits per heavy atom. The molecule has 3 heterocycles. The molecule has 19 heteroatoms. The molecule has 0 aliphatic carbocycles. The van der Waals surface area contributed by atoms with Gasteiger partial charge in [-0.05, 0) is 84.6 Å². The number of nitrogens with zero attached hydrogens (tertiary/aromatic N) is 5. The molecule has 0 radical (unpaired) electrons. The molecule has 350 valence electrons. The molecule has 2 N–H and O–H groups in total. The summed E-state index contributed by atoms with van der Waals surface area (Å²) in [6.45, 7) is 7.83.